The molecule has 3 heteroatoms. The van der Waals surface area contributed by atoms with Gasteiger partial charge in [0, 0.05) is 24.8 Å². The van der Waals surface area contributed by atoms with Gasteiger partial charge in [-0.1, -0.05) is 30.3 Å². The first-order valence-corrected chi connectivity index (χ1v) is 7.37. The molecule has 0 radical (unpaired) electrons. The highest BCUT2D eigenvalue weighted by Crippen LogP contribution is 2.29. The van der Waals surface area contributed by atoms with E-state index in [1.165, 1.54) is 5.56 Å². The van der Waals surface area contributed by atoms with E-state index in [9.17, 15) is 4.39 Å². The summed E-state index contributed by atoms with van der Waals surface area (Å²) >= 11 is 0. The minimum Gasteiger partial charge on any atom is -0.367 e. The standard InChI is InChI=1S/C18H23FN2/c1-4-21(12-15-8-6-5-7-9-15)18-10-13(2)17(19)11-16(18)14(3)20/h5-11,14H,4,12,20H2,1-3H3/t14-/m0/s1. The summed E-state index contributed by atoms with van der Waals surface area (Å²) in [4.78, 5) is 2.24. The van der Waals surface area contributed by atoms with Crippen molar-refractivity contribution in [3.05, 3.63) is 65.0 Å². The summed E-state index contributed by atoms with van der Waals surface area (Å²) in [6.45, 7) is 7.43. The van der Waals surface area contributed by atoms with Crippen LogP contribution in [0, 0.1) is 12.7 Å². The molecule has 0 amide bonds. The molecule has 0 saturated heterocycles. The van der Waals surface area contributed by atoms with Gasteiger partial charge < -0.3 is 10.6 Å². The number of aryl methyl sites for hydroxylation is 1. The summed E-state index contributed by atoms with van der Waals surface area (Å²) in [7, 11) is 0. The number of benzene rings is 2. The minimum atomic E-state index is -0.195. The lowest BCUT2D eigenvalue weighted by Gasteiger charge is -2.28. The van der Waals surface area contributed by atoms with Gasteiger partial charge in [-0.3, -0.25) is 0 Å². The lowest BCUT2D eigenvalue weighted by Crippen LogP contribution is -2.25. The molecule has 2 nitrogen and oxygen atoms in total. The molecule has 0 aliphatic carbocycles. The van der Waals surface area contributed by atoms with E-state index in [1.807, 2.05) is 31.2 Å². The number of hydrogen-bond donors (Lipinski definition) is 1. The van der Waals surface area contributed by atoms with Gasteiger partial charge >= 0.3 is 0 Å². The van der Waals surface area contributed by atoms with Gasteiger partial charge in [0.1, 0.15) is 5.82 Å². The fourth-order valence-corrected chi connectivity index (χ4v) is 2.49. The van der Waals surface area contributed by atoms with Crippen LogP contribution in [-0.2, 0) is 6.54 Å². The van der Waals surface area contributed by atoms with E-state index in [2.05, 4.69) is 24.0 Å². The molecule has 2 aromatic carbocycles. The molecule has 0 aliphatic rings. The first kappa shape index (κ1) is 15.5. The average molecular weight is 286 g/mol. The first-order chi connectivity index (χ1) is 10.0. The third kappa shape index (κ3) is 3.61. The van der Waals surface area contributed by atoms with Gasteiger partial charge in [0.05, 0.1) is 0 Å². The number of nitrogens with two attached hydrogens (primary N) is 1. The molecule has 2 rings (SSSR count). The van der Waals surface area contributed by atoms with Gasteiger partial charge in [-0.05, 0) is 49.6 Å². The zero-order valence-corrected chi connectivity index (χ0v) is 12.9. The summed E-state index contributed by atoms with van der Waals surface area (Å²) in [5.74, 6) is -0.193. The molecule has 2 aromatic rings. The summed E-state index contributed by atoms with van der Waals surface area (Å²) in [6.07, 6.45) is 0. The predicted molar refractivity (Wildman–Crippen MR) is 86.9 cm³/mol. The van der Waals surface area contributed by atoms with Crippen molar-refractivity contribution in [2.75, 3.05) is 11.4 Å². The Morgan fingerprint density at radius 2 is 1.86 bits per heavy atom. The third-order valence-corrected chi connectivity index (χ3v) is 3.74. The molecule has 1 atom stereocenters. The monoisotopic (exact) mass is 286 g/mol. The van der Waals surface area contributed by atoms with Gasteiger partial charge in [-0.25, -0.2) is 4.39 Å². The van der Waals surface area contributed by atoms with E-state index in [-0.39, 0.29) is 11.9 Å². The quantitative estimate of drug-likeness (QED) is 0.893. The van der Waals surface area contributed by atoms with Crippen molar-refractivity contribution in [1.29, 1.82) is 0 Å². The summed E-state index contributed by atoms with van der Waals surface area (Å²) in [5, 5.41) is 0. The molecule has 0 unspecified atom stereocenters. The van der Waals surface area contributed by atoms with Crippen molar-refractivity contribution >= 4 is 5.69 Å². The van der Waals surface area contributed by atoms with E-state index < -0.39 is 0 Å². The second-order valence-electron chi connectivity index (χ2n) is 5.45. The van der Waals surface area contributed by atoms with Gasteiger partial charge in [-0.2, -0.15) is 0 Å². The number of anilines is 1. The second-order valence-corrected chi connectivity index (χ2v) is 5.45. The van der Waals surface area contributed by atoms with Crippen LogP contribution in [0.25, 0.3) is 0 Å². The van der Waals surface area contributed by atoms with Crippen LogP contribution in [0.5, 0.6) is 0 Å². The largest absolute Gasteiger partial charge is 0.367 e. The van der Waals surface area contributed by atoms with E-state index in [4.69, 9.17) is 5.73 Å². The van der Waals surface area contributed by atoms with E-state index in [0.29, 0.717) is 5.56 Å². The van der Waals surface area contributed by atoms with Crippen LogP contribution in [0.1, 0.15) is 36.6 Å². The molecule has 2 N–H and O–H groups in total. The molecule has 0 aliphatic heterocycles. The van der Waals surface area contributed by atoms with Crippen LogP contribution in [0.15, 0.2) is 42.5 Å². The molecule has 0 aromatic heterocycles. The van der Waals surface area contributed by atoms with Crippen LogP contribution in [0.2, 0.25) is 0 Å². The van der Waals surface area contributed by atoms with Gasteiger partial charge in [0.15, 0.2) is 0 Å². The zero-order chi connectivity index (χ0) is 15.4. The topological polar surface area (TPSA) is 29.3 Å². The molecule has 0 bridgehead atoms. The van der Waals surface area contributed by atoms with Crippen LogP contribution in [0.3, 0.4) is 0 Å². The second kappa shape index (κ2) is 6.72. The maximum Gasteiger partial charge on any atom is 0.126 e. The molecule has 0 heterocycles. The van der Waals surface area contributed by atoms with Gasteiger partial charge in [0.25, 0.3) is 0 Å². The molecule has 0 fully saturated rings. The normalized spacial score (nSPS) is 12.2. The molecular formula is C18H23FN2. The number of hydrogen-bond acceptors (Lipinski definition) is 2. The Hall–Kier alpha value is -1.87. The number of nitrogens with zero attached hydrogens (tertiary/aromatic N) is 1. The molecule has 21 heavy (non-hydrogen) atoms. The smallest absolute Gasteiger partial charge is 0.126 e. The fraction of sp³-hybridized carbons (Fsp3) is 0.333. The number of halogens is 1. The van der Waals surface area contributed by atoms with E-state index >= 15 is 0 Å². The Kier molecular flexibility index (Phi) is 4.97. The number of rotatable bonds is 5. The Morgan fingerprint density at radius 3 is 2.43 bits per heavy atom. The van der Waals surface area contributed by atoms with E-state index in [0.717, 1.165) is 24.3 Å². The van der Waals surface area contributed by atoms with Gasteiger partial charge in [-0.15, -0.1) is 0 Å². The van der Waals surface area contributed by atoms with E-state index in [1.54, 1.807) is 13.0 Å². The Labute approximate surface area is 126 Å². The van der Waals surface area contributed by atoms with Gasteiger partial charge in [0.2, 0.25) is 0 Å². The van der Waals surface area contributed by atoms with Crippen LogP contribution in [0.4, 0.5) is 10.1 Å². The minimum absolute atomic E-state index is 0.193. The third-order valence-electron chi connectivity index (χ3n) is 3.74. The maximum atomic E-state index is 13.8. The van der Waals surface area contributed by atoms with Crippen molar-refractivity contribution in [3.63, 3.8) is 0 Å². The molecule has 0 saturated carbocycles. The summed E-state index contributed by atoms with van der Waals surface area (Å²) < 4.78 is 13.8. The maximum absolute atomic E-state index is 13.8. The van der Waals surface area contributed by atoms with Crippen molar-refractivity contribution in [2.45, 2.75) is 33.4 Å². The Bertz CT molecular complexity index is 594. The lowest BCUT2D eigenvalue weighted by atomic mass is 10.0. The highest BCUT2D eigenvalue weighted by atomic mass is 19.1. The first-order valence-electron chi connectivity index (χ1n) is 7.37. The molecule has 112 valence electrons. The molecular weight excluding hydrogens is 263 g/mol. The van der Waals surface area contributed by atoms with Crippen LogP contribution in [-0.4, -0.2) is 6.54 Å². The Morgan fingerprint density at radius 1 is 1.19 bits per heavy atom. The average Bonchev–Trinajstić information content (AvgIpc) is 2.48. The summed E-state index contributed by atoms with van der Waals surface area (Å²) in [6, 6.07) is 13.6. The van der Waals surface area contributed by atoms with Crippen LogP contribution < -0.4 is 10.6 Å². The fourth-order valence-electron chi connectivity index (χ4n) is 2.49. The summed E-state index contributed by atoms with van der Waals surface area (Å²) in [5.41, 5.74) is 9.79. The van der Waals surface area contributed by atoms with Crippen molar-refractivity contribution in [2.24, 2.45) is 5.73 Å². The SMILES string of the molecule is CCN(Cc1ccccc1)c1cc(C)c(F)cc1[C@H](C)N. The van der Waals surface area contributed by atoms with Crippen molar-refractivity contribution in [3.8, 4) is 0 Å². The zero-order valence-electron chi connectivity index (χ0n) is 12.9. The lowest BCUT2D eigenvalue weighted by molar-refractivity contribution is 0.612. The highest BCUT2D eigenvalue weighted by molar-refractivity contribution is 5.57. The Balaban J connectivity index is 2.39. The molecule has 0 spiro atoms. The predicted octanol–water partition coefficient (Wildman–Crippen LogP) is 4.18. The van der Waals surface area contributed by atoms with Crippen molar-refractivity contribution in [1.82, 2.24) is 0 Å². The van der Waals surface area contributed by atoms with Crippen molar-refractivity contribution < 1.29 is 4.39 Å². The highest BCUT2D eigenvalue weighted by Gasteiger charge is 2.15. The van der Waals surface area contributed by atoms with Crippen LogP contribution >= 0.6 is 0 Å².